The van der Waals surface area contributed by atoms with Crippen molar-refractivity contribution in [1.29, 1.82) is 0 Å². The molecule has 18 heavy (non-hydrogen) atoms. The van der Waals surface area contributed by atoms with Crippen LogP contribution in [0, 0.1) is 13.8 Å². The van der Waals surface area contributed by atoms with Crippen LogP contribution in [0.25, 0.3) is 0 Å². The normalized spacial score (nSPS) is 10.6. The fraction of sp³-hybridized carbons (Fsp3) is 0.273. The standard InChI is InChI=1S/C11H13N3OS3/c1-6-4-16-11(13-6)17-5-8-3-9(10(15)14-12)18-7(8)2/h3-4H,5,12H2,1-2H3,(H,14,15). The first-order valence-corrected chi connectivity index (χ1v) is 7.93. The lowest BCUT2D eigenvalue weighted by molar-refractivity contribution is 0.0957. The molecule has 0 aliphatic carbocycles. The number of hydrogen-bond acceptors (Lipinski definition) is 6. The molecule has 3 N–H and O–H groups in total. The second-order valence-electron chi connectivity index (χ2n) is 3.71. The second-order valence-corrected chi connectivity index (χ2v) is 7.05. The van der Waals surface area contributed by atoms with E-state index in [0.29, 0.717) is 4.88 Å². The van der Waals surface area contributed by atoms with Crippen molar-refractivity contribution in [2.75, 3.05) is 0 Å². The summed E-state index contributed by atoms with van der Waals surface area (Å²) in [5, 5.41) is 2.04. The van der Waals surface area contributed by atoms with Crippen LogP contribution in [0.2, 0.25) is 0 Å². The van der Waals surface area contributed by atoms with Crippen molar-refractivity contribution in [3.05, 3.63) is 32.5 Å². The molecule has 7 heteroatoms. The lowest BCUT2D eigenvalue weighted by Gasteiger charge is -1.96. The number of rotatable bonds is 4. The summed E-state index contributed by atoms with van der Waals surface area (Å²) >= 11 is 4.81. The van der Waals surface area contributed by atoms with Gasteiger partial charge < -0.3 is 0 Å². The van der Waals surface area contributed by atoms with E-state index in [0.717, 1.165) is 26.2 Å². The largest absolute Gasteiger partial charge is 0.289 e. The van der Waals surface area contributed by atoms with Gasteiger partial charge in [0.05, 0.1) is 4.88 Å². The lowest BCUT2D eigenvalue weighted by Crippen LogP contribution is -2.29. The van der Waals surface area contributed by atoms with Gasteiger partial charge in [-0.1, -0.05) is 11.8 Å². The Morgan fingerprint density at radius 3 is 2.94 bits per heavy atom. The number of thioether (sulfide) groups is 1. The van der Waals surface area contributed by atoms with Crippen molar-refractivity contribution in [2.45, 2.75) is 23.9 Å². The van der Waals surface area contributed by atoms with Gasteiger partial charge >= 0.3 is 0 Å². The van der Waals surface area contributed by atoms with Crippen molar-refractivity contribution in [3.63, 3.8) is 0 Å². The highest BCUT2D eigenvalue weighted by Gasteiger charge is 2.12. The summed E-state index contributed by atoms with van der Waals surface area (Å²) in [6, 6.07) is 1.90. The van der Waals surface area contributed by atoms with Crippen LogP contribution in [0.5, 0.6) is 0 Å². The number of nitrogens with two attached hydrogens (primary N) is 1. The molecule has 0 aliphatic heterocycles. The molecule has 2 aromatic rings. The van der Waals surface area contributed by atoms with E-state index in [4.69, 9.17) is 5.84 Å². The van der Waals surface area contributed by atoms with E-state index < -0.39 is 0 Å². The molecule has 0 radical (unpaired) electrons. The van der Waals surface area contributed by atoms with Crippen molar-refractivity contribution < 1.29 is 4.79 Å². The number of aryl methyl sites for hydroxylation is 2. The van der Waals surface area contributed by atoms with Crippen LogP contribution in [0.15, 0.2) is 15.8 Å². The fourth-order valence-corrected chi connectivity index (χ4v) is 4.32. The van der Waals surface area contributed by atoms with Crippen LogP contribution in [-0.2, 0) is 5.75 Å². The average Bonchev–Trinajstić information content (AvgIpc) is 2.92. The van der Waals surface area contributed by atoms with Gasteiger partial charge in [0, 0.05) is 21.7 Å². The number of thiazole rings is 1. The van der Waals surface area contributed by atoms with Gasteiger partial charge in [0.15, 0.2) is 0 Å². The van der Waals surface area contributed by atoms with Gasteiger partial charge in [0.2, 0.25) is 0 Å². The number of hydrazine groups is 1. The number of hydrogen-bond donors (Lipinski definition) is 2. The minimum atomic E-state index is -0.232. The predicted molar refractivity (Wildman–Crippen MR) is 77.1 cm³/mol. The maximum Gasteiger partial charge on any atom is 0.275 e. The zero-order valence-corrected chi connectivity index (χ0v) is 12.5. The van der Waals surface area contributed by atoms with Gasteiger partial charge in [-0.05, 0) is 25.5 Å². The zero-order valence-electron chi connectivity index (χ0n) is 10.0. The third-order valence-corrected chi connectivity index (χ3v) is 5.60. The summed E-state index contributed by atoms with van der Waals surface area (Å²) in [7, 11) is 0. The first-order valence-electron chi connectivity index (χ1n) is 5.25. The Morgan fingerprint density at radius 1 is 1.56 bits per heavy atom. The van der Waals surface area contributed by atoms with Gasteiger partial charge in [-0.2, -0.15) is 0 Å². The number of nitrogens with zero attached hydrogens (tertiary/aromatic N) is 1. The molecule has 0 unspecified atom stereocenters. The summed E-state index contributed by atoms with van der Waals surface area (Å²) in [5.41, 5.74) is 4.37. The van der Waals surface area contributed by atoms with Crippen molar-refractivity contribution in [1.82, 2.24) is 10.4 Å². The third-order valence-electron chi connectivity index (χ3n) is 2.32. The monoisotopic (exact) mass is 299 g/mol. The van der Waals surface area contributed by atoms with Gasteiger partial charge in [-0.3, -0.25) is 10.2 Å². The third kappa shape index (κ3) is 3.11. The SMILES string of the molecule is Cc1csc(SCc2cc(C(=O)NN)sc2C)n1. The molecule has 0 aromatic carbocycles. The molecule has 1 amide bonds. The van der Waals surface area contributed by atoms with E-state index in [9.17, 15) is 4.79 Å². The summed E-state index contributed by atoms with van der Waals surface area (Å²) in [6.07, 6.45) is 0. The Kier molecular flexibility index (Phi) is 4.39. The highest BCUT2D eigenvalue weighted by molar-refractivity contribution is 8.00. The molecule has 0 fully saturated rings. The van der Waals surface area contributed by atoms with Gasteiger partial charge in [-0.25, -0.2) is 10.8 Å². The van der Waals surface area contributed by atoms with Crippen LogP contribution in [0.4, 0.5) is 0 Å². The number of carbonyl (C=O) groups is 1. The molecule has 0 spiro atoms. The first-order chi connectivity index (χ1) is 8.60. The average molecular weight is 299 g/mol. The summed E-state index contributed by atoms with van der Waals surface area (Å²) in [5.74, 6) is 5.72. The molecule has 0 atom stereocenters. The van der Waals surface area contributed by atoms with Gasteiger partial charge in [-0.15, -0.1) is 22.7 Å². The molecule has 2 rings (SSSR count). The Bertz CT molecular complexity index is 562. The molecular weight excluding hydrogens is 286 g/mol. The van der Waals surface area contributed by atoms with E-state index in [2.05, 4.69) is 10.4 Å². The molecule has 2 aromatic heterocycles. The molecule has 2 heterocycles. The smallest absolute Gasteiger partial charge is 0.275 e. The van der Waals surface area contributed by atoms with E-state index in [-0.39, 0.29) is 5.91 Å². The Hall–Kier alpha value is -0.890. The van der Waals surface area contributed by atoms with Crippen molar-refractivity contribution in [2.24, 2.45) is 5.84 Å². The molecule has 0 bridgehead atoms. The number of nitrogen functional groups attached to an aromatic ring is 1. The summed E-state index contributed by atoms with van der Waals surface area (Å²) in [4.78, 5) is 17.6. The van der Waals surface area contributed by atoms with Crippen LogP contribution in [-0.4, -0.2) is 10.9 Å². The van der Waals surface area contributed by atoms with Crippen molar-refractivity contribution in [3.8, 4) is 0 Å². The number of aromatic nitrogens is 1. The Morgan fingerprint density at radius 2 is 2.33 bits per heavy atom. The van der Waals surface area contributed by atoms with E-state index in [1.807, 2.05) is 25.3 Å². The molecule has 0 aliphatic rings. The maximum atomic E-state index is 11.4. The quantitative estimate of drug-likeness (QED) is 0.394. The van der Waals surface area contributed by atoms with Gasteiger partial charge in [0.25, 0.3) is 5.91 Å². The predicted octanol–water partition coefficient (Wildman–Crippen LogP) is 2.72. The summed E-state index contributed by atoms with van der Waals surface area (Å²) in [6.45, 7) is 4.00. The Labute approximate surface area is 118 Å². The van der Waals surface area contributed by atoms with Crippen LogP contribution in [0.3, 0.4) is 0 Å². The highest BCUT2D eigenvalue weighted by atomic mass is 32.2. The number of nitrogens with one attached hydrogen (secondary N) is 1. The molecule has 0 saturated carbocycles. The molecule has 96 valence electrons. The fourth-order valence-electron chi connectivity index (χ4n) is 1.38. The first kappa shape index (κ1) is 13.5. The maximum absolute atomic E-state index is 11.4. The van der Waals surface area contributed by atoms with Crippen LogP contribution < -0.4 is 11.3 Å². The number of carbonyl (C=O) groups excluding carboxylic acids is 1. The van der Waals surface area contributed by atoms with Crippen LogP contribution in [0.1, 0.15) is 25.8 Å². The van der Waals surface area contributed by atoms with Crippen LogP contribution >= 0.6 is 34.4 Å². The number of thiophene rings is 1. The number of amides is 1. The van der Waals surface area contributed by atoms with E-state index in [1.165, 1.54) is 11.3 Å². The topological polar surface area (TPSA) is 68.0 Å². The minimum absolute atomic E-state index is 0.232. The highest BCUT2D eigenvalue weighted by Crippen LogP contribution is 2.30. The Balaban J connectivity index is 2.05. The molecule has 4 nitrogen and oxygen atoms in total. The molecule has 0 saturated heterocycles. The van der Waals surface area contributed by atoms with Crippen molar-refractivity contribution >= 4 is 40.3 Å². The van der Waals surface area contributed by atoms with E-state index >= 15 is 0 Å². The van der Waals surface area contributed by atoms with Gasteiger partial charge in [0.1, 0.15) is 4.34 Å². The van der Waals surface area contributed by atoms with E-state index in [1.54, 1.807) is 23.1 Å². The molecular formula is C11H13N3OS3. The second kappa shape index (κ2) is 5.83. The lowest BCUT2D eigenvalue weighted by atomic mass is 10.3. The zero-order chi connectivity index (χ0) is 13.1. The minimum Gasteiger partial charge on any atom is -0.289 e. The summed E-state index contributed by atoms with van der Waals surface area (Å²) < 4.78 is 1.06.